The van der Waals surface area contributed by atoms with E-state index in [1.54, 1.807) is 21.9 Å². The van der Waals surface area contributed by atoms with Gasteiger partial charge in [0.2, 0.25) is 0 Å². The number of thioether (sulfide) groups is 1. The maximum Gasteiger partial charge on any atom is 0.316 e. The van der Waals surface area contributed by atoms with Gasteiger partial charge in [-0.2, -0.15) is 0 Å². The van der Waals surface area contributed by atoms with E-state index >= 15 is 0 Å². The third-order valence-electron chi connectivity index (χ3n) is 5.18. The fourth-order valence-electron chi connectivity index (χ4n) is 3.45. The van der Waals surface area contributed by atoms with Gasteiger partial charge in [0.15, 0.2) is 12.4 Å². The van der Waals surface area contributed by atoms with Gasteiger partial charge >= 0.3 is 5.97 Å². The Balaban J connectivity index is 1.21. The third-order valence-corrected chi connectivity index (χ3v) is 7.33. The summed E-state index contributed by atoms with van der Waals surface area (Å²) in [6, 6.07) is 15.2. The largest absolute Gasteiger partial charge is 0.459 e. The molecule has 0 aliphatic carbocycles. The van der Waals surface area contributed by atoms with E-state index in [-0.39, 0.29) is 29.9 Å². The number of carbonyl (C=O) groups is 3. The molecule has 1 aliphatic rings. The zero-order chi connectivity index (χ0) is 22.5. The molecule has 0 atom stereocenters. The molecule has 1 saturated heterocycles. The Hall–Kier alpha value is -2.78. The number of carbonyl (C=O) groups excluding carboxylic acids is 3. The summed E-state index contributed by atoms with van der Waals surface area (Å²) in [7, 11) is 0. The highest BCUT2D eigenvalue weighted by Gasteiger charge is 2.26. The molecule has 1 aromatic heterocycles. The molecule has 32 heavy (non-hydrogen) atoms. The first-order chi connectivity index (χ1) is 15.5. The first-order valence-electron chi connectivity index (χ1n) is 10.1. The van der Waals surface area contributed by atoms with Crippen LogP contribution in [-0.4, -0.2) is 66.1 Å². The third kappa shape index (κ3) is 5.16. The minimum Gasteiger partial charge on any atom is -0.459 e. The number of ether oxygens (including phenoxy) is 1. The van der Waals surface area contributed by atoms with Crippen LogP contribution >= 0.6 is 27.7 Å². The minimum atomic E-state index is -0.449. The second-order valence-corrected chi connectivity index (χ2v) is 9.01. The van der Waals surface area contributed by atoms with Gasteiger partial charge in [-0.1, -0.05) is 30.3 Å². The topological polar surface area (TPSA) is 80.1 Å². The average molecular weight is 517 g/mol. The van der Waals surface area contributed by atoms with E-state index in [0.717, 1.165) is 20.1 Å². The fourth-order valence-corrected chi connectivity index (χ4v) is 5.05. The van der Waals surface area contributed by atoms with Crippen molar-refractivity contribution < 1.29 is 23.5 Å². The van der Waals surface area contributed by atoms with Crippen molar-refractivity contribution >= 4 is 56.2 Å². The maximum absolute atomic E-state index is 12.4. The van der Waals surface area contributed by atoms with Gasteiger partial charge in [0.05, 0.1) is 12.0 Å². The van der Waals surface area contributed by atoms with Crippen LogP contribution < -0.4 is 0 Å². The van der Waals surface area contributed by atoms with Crippen molar-refractivity contribution in [2.75, 3.05) is 38.5 Å². The molecule has 2 aromatic carbocycles. The Morgan fingerprint density at radius 2 is 1.72 bits per heavy atom. The standard InChI is InChI=1S/C23H21BrN2O5S/c24-22-17-5-2-1-4-16(17)7-8-19(22)32-15-21(28)31-14-20(27)25-9-11-26(12-10-25)23(29)18-6-3-13-30-18/h1-8,13H,9-12,14-15H2. The van der Waals surface area contributed by atoms with Crippen LogP contribution in [0.25, 0.3) is 10.8 Å². The Bertz CT molecular complexity index is 1130. The highest BCUT2D eigenvalue weighted by molar-refractivity contribution is 9.10. The van der Waals surface area contributed by atoms with Crippen LogP contribution in [0.3, 0.4) is 0 Å². The summed E-state index contributed by atoms with van der Waals surface area (Å²) < 4.78 is 11.3. The van der Waals surface area contributed by atoms with E-state index in [2.05, 4.69) is 15.9 Å². The van der Waals surface area contributed by atoms with Crippen molar-refractivity contribution in [2.24, 2.45) is 0 Å². The Labute approximate surface area is 197 Å². The Kier molecular flexibility index (Phi) is 7.16. The van der Waals surface area contributed by atoms with E-state index in [0.29, 0.717) is 26.2 Å². The van der Waals surface area contributed by atoms with Gasteiger partial charge in [-0.25, -0.2) is 0 Å². The van der Waals surface area contributed by atoms with Gasteiger partial charge in [-0.3, -0.25) is 14.4 Å². The predicted molar refractivity (Wildman–Crippen MR) is 125 cm³/mol. The van der Waals surface area contributed by atoms with Crippen molar-refractivity contribution in [3.63, 3.8) is 0 Å². The van der Waals surface area contributed by atoms with Gasteiger partial charge in [0.1, 0.15) is 0 Å². The van der Waals surface area contributed by atoms with Gasteiger partial charge in [0.25, 0.3) is 11.8 Å². The number of furan rings is 1. The first kappa shape index (κ1) is 22.4. The highest BCUT2D eigenvalue weighted by Crippen LogP contribution is 2.34. The van der Waals surface area contributed by atoms with Crippen LogP contribution in [0.5, 0.6) is 0 Å². The first-order valence-corrected chi connectivity index (χ1v) is 11.9. The molecule has 0 N–H and O–H groups in total. The molecule has 2 heterocycles. The number of rotatable bonds is 6. The summed E-state index contributed by atoms with van der Waals surface area (Å²) in [6.45, 7) is 1.30. The van der Waals surface area contributed by atoms with Crippen molar-refractivity contribution in [2.45, 2.75) is 4.90 Å². The summed E-state index contributed by atoms with van der Waals surface area (Å²) >= 11 is 4.97. The molecule has 3 aromatic rings. The summed E-state index contributed by atoms with van der Waals surface area (Å²) in [5.74, 6) is -0.509. The number of esters is 1. The lowest BCUT2D eigenvalue weighted by molar-refractivity contribution is -0.150. The summed E-state index contributed by atoms with van der Waals surface area (Å²) in [5, 5.41) is 2.19. The minimum absolute atomic E-state index is 0.107. The molecule has 1 fully saturated rings. The van der Waals surface area contributed by atoms with Crippen molar-refractivity contribution in [3.05, 3.63) is 65.0 Å². The van der Waals surface area contributed by atoms with Crippen LogP contribution in [-0.2, 0) is 14.3 Å². The molecule has 1 aliphatic heterocycles. The van der Waals surface area contributed by atoms with Gasteiger partial charge in [-0.15, -0.1) is 11.8 Å². The molecule has 7 nitrogen and oxygen atoms in total. The van der Waals surface area contributed by atoms with Crippen molar-refractivity contribution in [1.82, 2.24) is 9.80 Å². The molecule has 0 spiro atoms. The van der Waals surface area contributed by atoms with Crippen molar-refractivity contribution in [3.8, 4) is 0 Å². The van der Waals surface area contributed by atoms with Gasteiger partial charge < -0.3 is 19.0 Å². The van der Waals surface area contributed by atoms with Gasteiger partial charge in [0, 0.05) is 35.5 Å². The van der Waals surface area contributed by atoms with E-state index < -0.39 is 5.97 Å². The quantitative estimate of drug-likeness (QED) is 0.366. The molecule has 2 amide bonds. The number of hydrogen-bond donors (Lipinski definition) is 0. The van der Waals surface area contributed by atoms with Crippen LogP contribution in [0.4, 0.5) is 0 Å². The number of amides is 2. The molecular formula is C23H21BrN2O5S. The SMILES string of the molecule is O=C(CSc1ccc2ccccc2c1Br)OCC(=O)N1CCN(C(=O)c2ccco2)CC1. The van der Waals surface area contributed by atoms with Crippen LogP contribution in [0.2, 0.25) is 0 Å². The lowest BCUT2D eigenvalue weighted by atomic mass is 10.1. The molecule has 0 radical (unpaired) electrons. The Morgan fingerprint density at radius 3 is 2.47 bits per heavy atom. The molecule has 0 saturated carbocycles. The number of hydrogen-bond acceptors (Lipinski definition) is 6. The lowest BCUT2D eigenvalue weighted by Crippen LogP contribution is -2.51. The highest BCUT2D eigenvalue weighted by atomic mass is 79.9. The second-order valence-electron chi connectivity index (χ2n) is 7.20. The van der Waals surface area contributed by atoms with Crippen molar-refractivity contribution in [1.29, 1.82) is 0 Å². The molecular weight excluding hydrogens is 496 g/mol. The van der Waals surface area contributed by atoms with E-state index in [1.807, 2.05) is 36.4 Å². The van der Waals surface area contributed by atoms with E-state index in [1.165, 1.54) is 18.0 Å². The zero-order valence-corrected chi connectivity index (χ0v) is 19.6. The van der Waals surface area contributed by atoms with Crippen LogP contribution in [0, 0.1) is 0 Å². The molecule has 4 rings (SSSR count). The Morgan fingerprint density at radius 1 is 0.969 bits per heavy atom. The number of fused-ring (bicyclic) bond motifs is 1. The van der Waals surface area contributed by atoms with Crippen LogP contribution in [0.1, 0.15) is 10.6 Å². The average Bonchev–Trinajstić information content (AvgIpc) is 3.37. The van der Waals surface area contributed by atoms with Gasteiger partial charge in [-0.05, 0) is 44.9 Å². The normalized spacial score (nSPS) is 13.9. The molecule has 0 bridgehead atoms. The summed E-state index contributed by atoms with van der Waals surface area (Å²) in [5.41, 5.74) is 0. The number of benzene rings is 2. The van der Waals surface area contributed by atoms with Crippen LogP contribution in [0.15, 0.2) is 68.6 Å². The number of halogens is 1. The molecule has 166 valence electrons. The fraction of sp³-hybridized carbons (Fsp3) is 0.261. The van der Waals surface area contributed by atoms with E-state index in [9.17, 15) is 14.4 Å². The second kappa shape index (κ2) is 10.2. The molecule has 0 unspecified atom stereocenters. The summed E-state index contributed by atoms with van der Waals surface area (Å²) in [4.78, 5) is 41.0. The number of piperazine rings is 1. The predicted octanol–water partition coefficient (Wildman–Crippen LogP) is 3.82. The summed E-state index contributed by atoms with van der Waals surface area (Å²) in [6.07, 6.45) is 1.46. The zero-order valence-electron chi connectivity index (χ0n) is 17.2. The monoisotopic (exact) mass is 516 g/mol. The lowest BCUT2D eigenvalue weighted by Gasteiger charge is -2.34. The molecule has 9 heteroatoms. The smallest absolute Gasteiger partial charge is 0.316 e. The van der Waals surface area contributed by atoms with E-state index in [4.69, 9.17) is 9.15 Å². The maximum atomic E-state index is 12.4. The number of nitrogens with zero attached hydrogens (tertiary/aromatic N) is 2.